The number of hydrogen-bond acceptors (Lipinski definition) is 0. The molecule has 0 saturated carbocycles. The predicted molar refractivity (Wildman–Crippen MR) is 43.4 cm³/mol. The minimum Gasteiger partial charge on any atom is -0.207 e. The molecule has 0 heterocycles. The number of rotatable bonds is 3. The molecule has 0 N–H and O–H groups in total. The second-order valence-corrected chi connectivity index (χ2v) is 1.95. The first kappa shape index (κ1) is 9.15. The topological polar surface area (TPSA) is 0 Å². The third-order valence-corrected chi connectivity index (χ3v) is 1.27. The van der Waals surface area contributed by atoms with Crippen LogP contribution in [0.4, 0.5) is 4.39 Å². The van der Waals surface area contributed by atoms with Crippen molar-refractivity contribution < 1.29 is 4.39 Å². The van der Waals surface area contributed by atoms with Crippen LogP contribution >= 0.6 is 0 Å². The summed E-state index contributed by atoms with van der Waals surface area (Å²) in [6, 6.07) is 0. The van der Waals surface area contributed by atoms with Gasteiger partial charge in [0.2, 0.25) is 0 Å². The monoisotopic (exact) mass is 140 g/mol. The molecule has 56 valence electrons. The lowest BCUT2D eigenvalue weighted by Gasteiger charge is -1.92. The molecule has 0 amide bonds. The smallest absolute Gasteiger partial charge is 0.119 e. The van der Waals surface area contributed by atoms with Gasteiger partial charge in [-0.1, -0.05) is 25.7 Å². The van der Waals surface area contributed by atoms with E-state index in [2.05, 4.69) is 6.58 Å². The van der Waals surface area contributed by atoms with Gasteiger partial charge in [0.25, 0.3) is 0 Å². The molecule has 0 bridgehead atoms. The van der Waals surface area contributed by atoms with Crippen LogP contribution in [0.2, 0.25) is 0 Å². The van der Waals surface area contributed by atoms with Crippen LogP contribution in [0.1, 0.15) is 20.3 Å². The van der Waals surface area contributed by atoms with Gasteiger partial charge in [-0.2, -0.15) is 0 Å². The molecule has 0 aromatic carbocycles. The molecule has 1 heteroatoms. The third-order valence-electron chi connectivity index (χ3n) is 1.27. The number of hydrogen-bond donors (Lipinski definition) is 0. The highest BCUT2D eigenvalue weighted by Crippen LogP contribution is 2.07. The van der Waals surface area contributed by atoms with E-state index in [4.69, 9.17) is 0 Å². The number of halogens is 1. The lowest BCUT2D eigenvalue weighted by molar-refractivity contribution is 0.663. The van der Waals surface area contributed by atoms with Crippen molar-refractivity contribution in [1.29, 1.82) is 0 Å². The Labute approximate surface area is 61.8 Å². The molecule has 0 nitrogen and oxygen atoms in total. The summed E-state index contributed by atoms with van der Waals surface area (Å²) in [5.41, 5.74) is 0.926. The van der Waals surface area contributed by atoms with Gasteiger partial charge in [-0.3, -0.25) is 0 Å². The zero-order chi connectivity index (χ0) is 7.98. The van der Waals surface area contributed by atoms with Gasteiger partial charge in [0.1, 0.15) is 5.83 Å². The first-order valence-electron chi connectivity index (χ1n) is 3.39. The first-order chi connectivity index (χ1) is 4.74. The molecule has 0 aliphatic carbocycles. The molecule has 0 unspecified atom stereocenters. The van der Waals surface area contributed by atoms with Gasteiger partial charge in [0.15, 0.2) is 0 Å². The largest absolute Gasteiger partial charge is 0.207 e. The van der Waals surface area contributed by atoms with Gasteiger partial charge in [-0.15, -0.1) is 0 Å². The Bertz CT molecular complexity index is 164. The van der Waals surface area contributed by atoms with E-state index in [9.17, 15) is 4.39 Å². The molecular formula is C9H13F. The van der Waals surface area contributed by atoms with Crippen molar-refractivity contribution in [2.75, 3.05) is 0 Å². The van der Waals surface area contributed by atoms with Gasteiger partial charge in [0, 0.05) is 0 Å². The van der Waals surface area contributed by atoms with Gasteiger partial charge < -0.3 is 0 Å². The molecule has 0 aromatic heterocycles. The van der Waals surface area contributed by atoms with Crippen molar-refractivity contribution in [1.82, 2.24) is 0 Å². The molecular weight excluding hydrogens is 127 g/mol. The van der Waals surface area contributed by atoms with Crippen molar-refractivity contribution in [3.8, 4) is 0 Å². The van der Waals surface area contributed by atoms with Crippen LogP contribution in [0.15, 0.2) is 36.2 Å². The zero-order valence-electron chi connectivity index (χ0n) is 6.52. The van der Waals surface area contributed by atoms with Gasteiger partial charge >= 0.3 is 0 Å². The van der Waals surface area contributed by atoms with Crippen LogP contribution in [0.3, 0.4) is 0 Å². The SMILES string of the molecule is C=C/C(=C\C(F)=C/C)CC. The normalized spacial score (nSPS) is 13.5. The molecule has 0 aromatic rings. The van der Waals surface area contributed by atoms with Crippen molar-refractivity contribution in [3.05, 3.63) is 36.2 Å². The van der Waals surface area contributed by atoms with Crippen LogP contribution in [-0.2, 0) is 0 Å². The highest BCUT2D eigenvalue weighted by atomic mass is 19.1. The van der Waals surface area contributed by atoms with Crippen LogP contribution in [-0.4, -0.2) is 0 Å². The van der Waals surface area contributed by atoms with E-state index in [1.165, 1.54) is 12.2 Å². The highest BCUT2D eigenvalue weighted by Gasteiger charge is 1.88. The minimum absolute atomic E-state index is 0.197. The average Bonchev–Trinajstić information content (AvgIpc) is 1.99. The predicted octanol–water partition coefficient (Wildman–Crippen LogP) is 3.38. The maximum absolute atomic E-state index is 12.5. The summed E-state index contributed by atoms with van der Waals surface area (Å²) in [6.45, 7) is 7.19. The van der Waals surface area contributed by atoms with E-state index in [-0.39, 0.29) is 5.83 Å². The van der Waals surface area contributed by atoms with E-state index in [0.29, 0.717) is 0 Å². The fraction of sp³-hybridized carbons (Fsp3) is 0.333. The Balaban J connectivity index is 4.24. The molecule has 0 atom stereocenters. The van der Waals surface area contributed by atoms with Crippen LogP contribution in [0.5, 0.6) is 0 Å². The second-order valence-electron chi connectivity index (χ2n) is 1.95. The third kappa shape index (κ3) is 3.23. The molecule has 0 aliphatic heterocycles. The Hall–Kier alpha value is -0.850. The molecule has 0 rings (SSSR count). The van der Waals surface area contributed by atoms with E-state index in [1.807, 2.05) is 6.92 Å². The fourth-order valence-corrected chi connectivity index (χ4v) is 0.566. The Morgan fingerprint density at radius 1 is 1.60 bits per heavy atom. The summed E-state index contributed by atoms with van der Waals surface area (Å²) in [5, 5.41) is 0. The Morgan fingerprint density at radius 3 is 2.50 bits per heavy atom. The lowest BCUT2D eigenvalue weighted by atomic mass is 10.2. The molecule has 0 fully saturated rings. The Morgan fingerprint density at radius 2 is 2.20 bits per heavy atom. The van der Waals surface area contributed by atoms with Crippen molar-refractivity contribution in [3.63, 3.8) is 0 Å². The maximum atomic E-state index is 12.5. The zero-order valence-corrected chi connectivity index (χ0v) is 6.52. The number of allylic oxidation sites excluding steroid dienone is 5. The maximum Gasteiger partial charge on any atom is 0.119 e. The van der Waals surface area contributed by atoms with E-state index in [1.54, 1.807) is 13.0 Å². The second kappa shape index (κ2) is 4.98. The van der Waals surface area contributed by atoms with Gasteiger partial charge in [0.05, 0.1) is 0 Å². The molecule has 10 heavy (non-hydrogen) atoms. The summed E-state index contributed by atoms with van der Waals surface area (Å²) in [4.78, 5) is 0. The molecule has 0 saturated heterocycles. The summed E-state index contributed by atoms with van der Waals surface area (Å²) in [7, 11) is 0. The lowest BCUT2D eigenvalue weighted by Crippen LogP contribution is -1.73. The van der Waals surface area contributed by atoms with Gasteiger partial charge in [-0.05, 0) is 25.0 Å². The van der Waals surface area contributed by atoms with Gasteiger partial charge in [-0.25, -0.2) is 4.39 Å². The molecule has 0 spiro atoms. The van der Waals surface area contributed by atoms with Crippen LogP contribution in [0, 0.1) is 0 Å². The minimum atomic E-state index is -0.197. The van der Waals surface area contributed by atoms with E-state index in [0.717, 1.165) is 12.0 Å². The Kier molecular flexibility index (Phi) is 4.55. The molecule has 0 aliphatic rings. The molecule has 0 radical (unpaired) electrons. The van der Waals surface area contributed by atoms with Crippen LogP contribution in [0.25, 0.3) is 0 Å². The quantitative estimate of drug-likeness (QED) is 0.527. The van der Waals surface area contributed by atoms with Crippen molar-refractivity contribution in [2.45, 2.75) is 20.3 Å². The highest BCUT2D eigenvalue weighted by molar-refractivity contribution is 5.24. The van der Waals surface area contributed by atoms with E-state index < -0.39 is 0 Å². The fourth-order valence-electron chi connectivity index (χ4n) is 0.566. The van der Waals surface area contributed by atoms with E-state index >= 15 is 0 Å². The summed E-state index contributed by atoms with van der Waals surface area (Å²) in [6.07, 6.45) is 5.42. The van der Waals surface area contributed by atoms with Crippen molar-refractivity contribution >= 4 is 0 Å². The van der Waals surface area contributed by atoms with Crippen molar-refractivity contribution in [2.24, 2.45) is 0 Å². The average molecular weight is 140 g/mol. The summed E-state index contributed by atoms with van der Waals surface area (Å²) < 4.78 is 12.5. The first-order valence-corrected chi connectivity index (χ1v) is 3.39. The summed E-state index contributed by atoms with van der Waals surface area (Å²) in [5.74, 6) is -0.197. The van der Waals surface area contributed by atoms with Crippen LogP contribution < -0.4 is 0 Å². The standard InChI is InChI=1S/C9H13F/c1-4-8(5-2)7-9(10)6-3/h4,6-7H,1,5H2,2-3H3/b8-7+,9-6+. The summed E-state index contributed by atoms with van der Waals surface area (Å²) >= 11 is 0.